The summed E-state index contributed by atoms with van der Waals surface area (Å²) in [6, 6.07) is 8.10. The van der Waals surface area contributed by atoms with E-state index < -0.39 is 0 Å². The highest BCUT2D eigenvalue weighted by Gasteiger charge is 2.11. The summed E-state index contributed by atoms with van der Waals surface area (Å²) in [4.78, 5) is 0. The van der Waals surface area contributed by atoms with Crippen molar-refractivity contribution in [1.29, 1.82) is 0 Å². The zero-order valence-electron chi connectivity index (χ0n) is 10.8. The third kappa shape index (κ3) is 4.34. The summed E-state index contributed by atoms with van der Waals surface area (Å²) in [5.74, 6) is 6.44. The topological polar surface area (TPSA) is 56.5 Å². The van der Waals surface area contributed by atoms with Gasteiger partial charge in [0.2, 0.25) is 0 Å². The Balaban J connectivity index is 2.59. The highest BCUT2D eigenvalue weighted by Crippen LogP contribution is 2.21. The first kappa shape index (κ1) is 14.0. The number of nitrogens with two attached hydrogens (primary N) is 1. The van der Waals surface area contributed by atoms with Crippen LogP contribution in [0.1, 0.15) is 31.4 Å². The van der Waals surface area contributed by atoms with Crippen LogP contribution in [-0.4, -0.2) is 20.3 Å². The van der Waals surface area contributed by atoms with E-state index >= 15 is 0 Å². The third-order valence-corrected chi connectivity index (χ3v) is 2.98. The van der Waals surface area contributed by atoms with Crippen LogP contribution < -0.4 is 16.0 Å². The molecule has 3 N–H and O–H groups in total. The first-order valence-corrected chi connectivity index (χ1v) is 5.84. The molecule has 17 heavy (non-hydrogen) atoms. The maximum absolute atomic E-state index is 5.58. The maximum atomic E-state index is 5.58. The van der Waals surface area contributed by atoms with Gasteiger partial charge < -0.3 is 9.47 Å². The van der Waals surface area contributed by atoms with Gasteiger partial charge in [-0.3, -0.25) is 11.3 Å². The summed E-state index contributed by atoms with van der Waals surface area (Å²) in [5, 5.41) is 0. The van der Waals surface area contributed by atoms with Crippen molar-refractivity contribution in [3.63, 3.8) is 0 Å². The lowest BCUT2D eigenvalue weighted by Gasteiger charge is -2.18. The average Bonchev–Trinajstić information content (AvgIpc) is 2.39. The molecule has 1 rings (SSSR count). The van der Waals surface area contributed by atoms with Crippen molar-refractivity contribution in [3.05, 3.63) is 29.8 Å². The minimum atomic E-state index is 0.151. The van der Waals surface area contributed by atoms with E-state index in [0.717, 1.165) is 24.2 Å². The Morgan fingerprint density at radius 1 is 1.18 bits per heavy atom. The molecule has 0 aliphatic carbocycles. The largest absolute Gasteiger partial charge is 0.497 e. The second-order valence-electron chi connectivity index (χ2n) is 4.12. The lowest BCUT2D eigenvalue weighted by Crippen LogP contribution is -2.28. The molecule has 0 aliphatic rings. The minimum Gasteiger partial charge on any atom is -0.497 e. The zero-order valence-corrected chi connectivity index (χ0v) is 10.8. The van der Waals surface area contributed by atoms with Crippen LogP contribution >= 0.6 is 0 Å². The van der Waals surface area contributed by atoms with E-state index in [1.807, 2.05) is 24.3 Å². The van der Waals surface area contributed by atoms with E-state index in [9.17, 15) is 0 Å². The van der Waals surface area contributed by atoms with Crippen molar-refractivity contribution in [2.75, 3.05) is 14.2 Å². The molecule has 0 heterocycles. The molecule has 0 radical (unpaired) electrons. The maximum Gasteiger partial charge on any atom is 0.118 e. The summed E-state index contributed by atoms with van der Waals surface area (Å²) in [5.41, 5.74) is 4.00. The van der Waals surface area contributed by atoms with Gasteiger partial charge in [0.15, 0.2) is 0 Å². The summed E-state index contributed by atoms with van der Waals surface area (Å²) in [7, 11) is 3.39. The summed E-state index contributed by atoms with van der Waals surface area (Å²) in [6.07, 6.45) is 2.17. The minimum absolute atomic E-state index is 0.151. The predicted molar refractivity (Wildman–Crippen MR) is 68.8 cm³/mol. The number of ether oxygens (including phenoxy) is 2. The Morgan fingerprint density at radius 2 is 1.82 bits per heavy atom. The molecule has 0 aliphatic heterocycles. The Hall–Kier alpha value is -1.10. The van der Waals surface area contributed by atoms with Crippen LogP contribution in [0.5, 0.6) is 5.75 Å². The molecule has 1 aromatic rings. The van der Waals surface area contributed by atoms with Crippen LogP contribution in [0.15, 0.2) is 24.3 Å². The molecule has 1 aromatic carbocycles. The highest BCUT2D eigenvalue weighted by molar-refractivity contribution is 5.29. The Morgan fingerprint density at radius 3 is 2.29 bits per heavy atom. The monoisotopic (exact) mass is 238 g/mol. The van der Waals surface area contributed by atoms with Gasteiger partial charge in [-0.15, -0.1) is 0 Å². The zero-order chi connectivity index (χ0) is 12.7. The molecule has 0 amide bonds. The van der Waals surface area contributed by atoms with Crippen molar-refractivity contribution in [1.82, 2.24) is 5.43 Å². The first-order chi connectivity index (χ1) is 8.21. The van der Waals surface area contributed by atoms with Gasteiger partial charge in [-0.2, -0.15) is 0 Å². The number of methoxy groups -OCH3 is 2. The fourth-order valence-electron chi connectivity index (χ4n) is 1.70. The molecule has 0 aromatic heterocycles. The van der Waals surface area contributed by atoms with Gasteiger partial charge >= 0.3 is 0 Å². The lowest BCUT2D eigenvalue weighted by atomic mass is 10.0. The van der Waals surface area contributed by atoms with Crippen LogP contribution in [0.25, 0.3) is 0 Å². The second-order valence-corrected chi connectivity index (χ2v) is 4.12. The lowest BCUT2D eigenvalue weighted by molar-refractivity contribution is 0.106. The van der Waals surface area contributed by atoms with Gasteiger partial charge in [-0.25, -0.2) is 0 Å². The third-order valence-electron chi connectivity index (χ3n) is 2.98. The van der Waals surface area contributed by atoms with E-state index in [4.69, 9.17) is 15.3 Å². The Bertz CT molecular complexity index is 314. The molecule has 0 fully saturated rings. The quantitative estimate of drug-likeness (QED) is 0.563. The molecule has 2 unspecified atom stereocenters. The van der Waals surface area contributed by atoms with E-state index in [1.165, 1.54) is 0 Å². The molecular formula is C13H22N2O2. The normalized spacial score (nSPS) is 14.4. The molecule has 0 bridgehead atoms. The Kier molecular flexibility index (Phi) is 5.97. The molecule has 4 heteroatoms. The van der Waals surface area contributed by atoms with Crippen LogP contribution in [0.2, 0.25) is 0 Å². The van der Waals surface area contributed by atoms with E-state index in [-0.39, 0.29) is 12.1 Å². The highest BCUT2D eigenvalue weighted by atomic mass is 16.5. The van der Waals surface area contributed by atoms with Crippen LogP contribution in [0.3, 0.4) is 0 Å². The van der Waals surface area contributed by atoms with E-state index in [1.54, 1.807) is 14.2 Å². The van der Waals surface area contributed by atoms with Crippen molar-refractivity contribution in [2.45, 2.75) is 31.9 Å². The van der Waals surface area contributed by atoms with E-state index in [0.29, 0.717) is 0 Å². The number of benzene rings is 1. The van der Waals surface area contributed by atoms with Crippen molar-refractivity contribution in [3.8, 4) is 5.75 Å². The number of hydrogen-bond acceptors (Lipinski definition) is 4. The first-order valence-electron chi connectivity index (χ1n) is 5.84. The van der Waals surface area contributed by atoms with Crippen LogP contribution in [0.4, 0.5) is 0 Å². The summed E-state index contributed by atoms with van der Waals surface area (Å²) in [6.45, 7) is 2.06. The van der Waals surface area contributed by atoms with Crippen LogP contribution in [0, 0.1) is 0 Å². The van der Waals surface area contributed by atoms with Gasteiger partial charge in [-0.1, -0.05) is 12.1 Å². The molecule has 0 spiro atoms. The average molecular weight is 238 g/mol. The van der Waals surface area contributed by atoms with Crippen molar-refractivity contribution in [2.24, 2.45) is 5.84 Å². The summed E-state index contributed by atoms with van der Waals surface area (Å²) < 4.78 is 10.4. The molecule has 0 saturated heterocycles. The molecular weight excluding hydrogens is 216 g/mol. The fourth-order valence-corrected chi connectivity index (χ4v) is 1.70. The molecule has 2 atom stereocenters. The van der Waals surface area contributed by atoms with Gasteiger partial charge in [0.1, 0.15) is 5.75 Å². The smallest absolute Gasteiger partial charge is 0.118 e. The van der Waals surface area contributed by atoms with Gasteiger partial charge in [-0.05, 0) is 37.5 Å². The van der Waals surface area contributed by atoms with Crippen molar-refractivity contribution < 1.29 is 9.47 Å². The SMILES string of the molecule is COc1ccc(C(CCC(C)OC)NN)cc1. The van der Waals surface area contributed by atoms with Crippen LogP contribution in [-0.2, 0) is 4.74 Å². The number of hydrogen-bond donors (Lipinski definition) is 2. The summed E-state index contributed by atoms with van der Waals surface area (Å²) >= 11 is 0. The molecule has 4 nitrogen and oxygen atoms in total. The standard InChI is InChI=1S/C13H22N2O2/c1-10(16-2)4-9-13(15-14)11-5-7-12(17-3)8-6-11/h5-8,10,13,15H,4,9,14H2,1-3H3. The molecule has 96 valence electrons. The number of rotatable bonds is 7. The van der Waals surface area contributed by atoms with Crippen molar-refractivity contribution >= 4 is 0 Å². The number of nitrogens with one attached hydrogen (secondary N) is 1. The Labute approximate surface area is 103 Å². The van der Waals surface area contributed by atoms with Gasteiger partial charge in [0.25, 0.3) is 0 Å². The van der Waals surface area contributed by atoms with Gasteiger partial charge in [0.05, 0.1) is 13.2 Å². The van der Waals surface area contributed by atoms with E-state index in [2.05, 4.69) is 12.3 Å². The van der Waals surface area contributed by atoms with Gasteiger partial charge in [0, 0.05) is 13.2 Å². The number of hydrazine groups is 1. The predicted octanol–water partition coefficient (Wildman–Crippen LogP) is 2.01. The molecule has 0 saturated carbocycles. The second kappa shape index (κ2) is 7.27. The fraction of sp³-hybridized carbons (Fsp3) is 0.538.